The molecule has 1 unspecified atom stereocenters. The zero-order valence-corrected chi connectivity index (χ0v) is 45.3. The predicted octanol–water partition coefficient (Wildman–Crippen LogP) is 19.4. The van der Waals surface area contributed by atoms with Gasteiger partial charge in [-0.3, -0.25) is 14.4 Å². The van der Waals surface area contributed by atoms with Crippen molar-refractivity contribution in [3.8, 4) is 0 Å². The summed E-state index contributed by atoms with van der Waals surface area (Å²) in [5.74, 6) is -0.550. The number of para-hydroxylation sites is 1. The van der Waals surface area contributed by atoms with E-state index in [0.717, 1.165) is 108 Å². The third-order valence-electron chi connectivity index (χ3n) is 13.1. The molecule has 0 fully saturated rings. The van der Waals surface area contributed by atoms with E-state index in [1.54, 1.807) is 4.90 Å². The van der Waals surface area contributed by atoms with Crippen LogP contribution in [-0.4, -0.2) is 37.1 Å². The Morgan fingerprint density at radius 2 is 0.768 bits per heavy atom. The smallest absolute Gasteiger partial charge is 0.306 e. The van der Waals surface area contributed by atoms with E-state index in [4.69, 9.17) is 9.47 Å². The van der Waals surface area contributed by atoms with Gasteiger partial charge in [0.2, 0.25) is 5.91 Å². The molecule has 6 nitrogen and oxygen atoms in total. The molecule has 0 N–H and O–H groups in total. The van der Waals surface area contributed by atoms with Crippen LogP contribution in [0.25, 0.3) is 0 Å². The first-order valence-electron chi connectivity index (χ1n) is 29.3. The van der Waals surface area contributed by atoms with Crippen LogP contribution >= 0.6 is 0 Å². The molecule has 69 heavy (non-hydrogen) atoms. The molecule has 0 saturated heterocycles. The van der Waals surface area contributed by atoms with Crippen molar-refractivity contribution < 1.29 is 23.9 Å². The molecule has 1 atom stereocenters. The molecule has 1 aromatic carbocycles. The number of rotatable bonds is 50. The summed E-state index contributed by atoms with van der Waals surface area (Å²) in [5, 5.41) is 0. The van der Waals surface area contributed by atoms with Crippen LogP contribution in [0.4, 0.5) is 5.69 Å². The van der Waals surface area contributed by atoms with Gasteiger partial charge < -0.3 is 14.4 Å². The molecule has 0 aliphatic carbocycles. The highest BCUT2D eigenvalue weighted by atomic mass is 16.6. The first-order valence-corrected chi connectivity index (χ1v) is 29.3. The topological polar surface area (TPSA) is 72.9 Å². The fourth-order valence-corrected chi connectivity index (χ4v) is 8.73. The van der Waals surface area contributed by atoms with E-state index in [1.807, 2.05) is 30.3 Å². The number of esters is 2. The minimum atomic E-state index is -0.741. The zero-order valence-electron chi connectivity index (χ0n) is 45.3. The number of hydrogen-bond acceptors (Lipinski definition) is 5. The molecule has 0 radical (unpaired) electrons. The number of benzene rings is 1. The third kappa shape index (κ3) is 43.1. The van der Waals surface area contributed by atoms with Crippen LogP contribution in [0, 0.1) is 0 Å². The second kappa shape index (κ2) is 51.0. The number of nitrogens with zero attached hydrogens (tertiary/aromatic N) is 1. The Morgan fingerprint density at radius 1 is 0.420 bits per heavy atom. The van der Waals surface area contributed by atoms with Crippen molar-refractivity contribution in [2.45, 2.75) is 284 Å². The van der Waals surface area contributed by atoms with Crippen molar-refractivity contribution >= 4 is 23.5 Å². The molecule has 1 rings (SSSR count). The van der Waals surface area contributed by atoms with Gasteiger partial charge in [-0.25, -0.2) is 0 Å². The highest BCUT2D eigenvalue weighted by molar-refractivity contribution is 5.93. The summed E-state index contributed by atoms with van der Waals surface area (Å²) >= 11 is 0. The van der Waals surface area contributed by atoms with Crippen LogP contribution in [0.2, 0.25) is 0 Å². The van der Waals surface area contributed by atoms with Crippen molar-refractivity contribution in [3.63, 3.8) is 0 Å². The van der Waals surface area contributed by atoms with Crippen LogP contribution in [0.15, 0.2) is 78.9 Å². The van der Waals surface area contributed by atoms with E-state index in [9.17, 15) is 14.4 Å². The quantitative estimate of drug-likeness (QED) is 0.0370. The molecular formula is C63H107NO5. The average molecular weight is 959 g/mol. The van der Waals surface area contributed by atoms with E-state index in [-0.39, 0.29) is 31.0 Å². The maximum atomic E-state index is 13.9. The molecule has 0 heterocycles. The van der Waals surface area contributed by atoms with E-state index >= 15 is 0 Å². The Balaban J connectivity index is 2.61. The Labute approximate surface area is 426 Å². The maximum Gasteiger partial charge on any atom is 0.306 e. The molecule has 1 amide bonds. The number of unbranched alkanes of at least 4 members (excludes halogenated alkanes) is 30. The molecule has 1 aromatic rings. The summed E-state index contributed by atoms with van der Waals surface area (Å²) in [6.07, 6.45) is 62.5. The summed E-state index contributed by atoms with van der Waals surface area (Å²) in [5.41, 5.74) is 0.773. The van der Waals surface area contributed by atoms with Gasteiger partial charge in [0, 0.05) is 24.9 Å². The molecule has 0 spiro atoms. The van der Waals surface area contributed by atoms with Gasteiger partial charge in [0.25, 0.3) is 0 Å². The Bertz CT molecular complexity index is 1420. The minimum absolute atomic E-state index is 0.0159. The lowest BCUT2D eigenvalue weighted by molar-refractivity contribution is -0.158. The van der Waals surface area contributed by atoms with Gasteiger partial charge in [-0.15, -0.1) is 0 Å². The number of anilines is 1. The fourth-order valence-electron chi connectivity index (χ4n) is 8.73. The Hall–Kier alpha value is -3.41. The number of amides is 1. The summed E-state index contributed by atoms with van der Waals surface area (Å²) in [4.78, 5) is 41.9. The summed E-state index contributed by atoms with van der Waals surface area (Å²) in [6.45, 7) is 6.87. The Kier molecular flexibility index (Phi) is 47.0. The number of ether oxygens (including phenoxy) is 2. The van der Waals surface area contributed by atoms with Gasteiger partial charge >= 0.3 is 11.9 Å². The summed E-state index contributed by atoms with van der Waals surface area (Å²) < 4.78 is 11.8. The van der Waals surface area contributed by atoms with Crippen LogP contribution in [0.5, 0.6) is 0 Å². The number of hydrogen-bond donors (Lipinski definition) is 0. The molecule has 0 aliphatic heterocycles. The van der Waals surface area contributed by atoms with Gasteiger partial charge in [-0.05, 0) is 95.6 Å². The van der Waals surface area contributed by atoms with Crippen LogP contribution < -0.4 is 4.90 Å². The molecule has 0 aliphatic rings. The lowest BCUT2D eigenvalue weighted by Gasteiger charge is -2.28. The first-order chi connectivity index (χ1) is 34.0. The molecular weight excluding hydrogens is 851 g/mol. The molecule has 0 aromatic heterocycles. The average Bonchev–Trinajstić information content (AvgIpc) is 3.36. The third-order valence-corrected chi connectivity index (χ3v) is 13.1. The molecule has 394 valence electrons. The van der Waals surface area contributed by atoms with Crippen molar-refractivity contribution in [3.05, 3.63) is 78.9 Å². The van der Waals surface area contributed by atoms with E-state index in [2.05, 4.69) is 69.4 Å². The number of carbonyl (C=O) groups is 3. The lowest BCUT2D eigenvalue weighted by Crippen LogP contribution is -2.41. The first kappa shape index (κ1) is 63.6. The van der Waals surface area contributed by atoms with Crippen LogP contribution in [0.1, 0.15) is 278 Å². The maximum absolute atomic E-state index is 13.9. The largest absolute Gasteiger partial charge is 0.462 e. The second-order valence-corrected chi connectivity index (χ2v) is 19.8. The zero-order chi connectivity index (χ0) is 49.8. The minimum Gasteiger partial charge on any atom is -0.462 e. The monoisotopic (exact) mass is 958 g/mol. The molecule has 0 saturated carbocycles. The van der Waals surface area contributed by atoms with Gasteiger partial charge in [-0.2, -0.15) is 0 Å². The predicted molar refractivity (Wildman–Crippen MR) is 298 cm³/mol. The van der Waals surface area contributed by atoms with Gasteiger partial charge in [0.15, 0.2) is 6.10 Å². The van der Waals surface area contributed by atoms with Gasteiger partial charge in [0.05, 0.1) is 6.54 Å². The van der Waals surface area contributed by atoms with Crippen molar-refractivity contribution in [1.29, 1.82) is 0 Å². The van der Waals surface area contributed by atoms with E-state index in [1.165, 1.54) is 135 Å². The van der Waals surface area contributed by atoms with Crippen molar-refractivity contribution in [2.75, 3.05) is 18.1 Å². The van der Waals surface area contributed by atoms with Crippen LogP contribution in [-0.2, 0) is 23.9 Å². The van der Waals surface area contributed by atoms with Gasteiger partial charge in [-0.1, -0.05) is 242 Å². The van der Waals surface area contributed by atoms with Crippen molar-refractivity contribution in [1.82, 2.24) is 0 Å². The Morgan fingerprint density at radius 3 is 1.20 bits per heavy atom. The molecule has 6 heteroatoms. The van der Waals surface area contributed by atoms with Gasteiger partial charge in [0.1, 0.15) is 6.61 Å². The number of carbonyl (C=O) groups excluding carboxylic acids is 3. The summed E-state index contributed by atoms with van der Waals surface area (Å²) in [6, 6.07) is 9.67. The SMILES string of the molecule is CCCCC/C=C\C/C=C\CCCCCCCC(=O)OCC(CN(C(=O)CCCCCCCCCCCCCCCCC)c1ccccc1)OC(=O)CCCCCCC/C=C\C/C=C\CCCCC. The van der Waals surface area contributed by atoms with E-state index < -0.39 is 6.10 Å². The van der Waals surface area contributed by atoms with Crippen LogP contribution in [0.3, 0.4) is 0 Å². The summed E-state index contributed by atoms with van der Waals surface area (Å²) in [7, 11) is 0. The normalized spacial score (nSPS) is 12.3. The molecule has 0 bridgehead atoms. The standard InChI is InChI=1S/C63H107NO5/c1-4-7-10-13-16-19-22-25-28-31-34-37-40-43-49-54-61(65)64(59-52-47-46-48-53-59)57-60(69-63(67)56-51-45-42-39-36-33-30-27-24-21-18-15-12-9-6-3)58-68-62(66)55-50-44-41-38-35-32-29-26-23-20-17-14-11-8-5-2/h17-18,20-21,26-27,29-30,46-48,52-53,60H,4-16,19,22-25,28,31-45,49-51,54-58H2,1-3H3/b20-17-,21-18-,29-26-,30-27-. The second-order valence-electron chi connectivity index (χ2n) is 19.8. The van der Waals surface area contributed by atoms with E-state index in [0.29, 0.717) is 19.3 Å². The van der Waals surface area contributed by atoms with Crippen molar-refractivity contribution in [2.24, 2.45) is 0 Å². The highest BCUT2D eigenvalue weighted by Crippen LogP contribution is 2.20. The highest BCUT2D eigenvalue weighted by Gasteiger charge is 2.25. The number of allylic oxidation sites excluding steroid dienone is 8. The lowest BCUT2D eigenvalue weighted by atomic mass is 10.0. The fraction of sp³-hybridized carbons (Fsp3) is 0.730.